The number of aliphatic hydroxyl groups is 1. The molecule has 1 aromatic carbocycles. The largest absolute Gasteiger partial charge is 0.390 e. The van der Waals surface area contributed by atoms with Crippen molar-refractivity contribution >= 4 is 5.91 Å². The number of nitrogens with zero attached hydrogens (tertiary/aromatic N) is 1. The first-order valence-corrected chi connectivity index (χ1v) is 8.07. The SMILES string of the molecule is Cc1nc(=O)[nH]c(C)c1CCC(=O)N[C@H]1c2ccccc2C[C@H]1O. The average molecular weight is 327 g/mol. The first kappa shape index (κ1) is 16.4. The van der Waals surface area contributed by atoms with Crippen molar-refractivity contribution in [3.05, 3.63) is 62.8 Å². The predicted molar refractivity (Wildman–Crippen MR) is 89.7 cm³/mol. The van der Waals surface area contributed by atoms with Gasteiger partial charge in [-0.25, -0.2) is 4.79 Å². The van der Waals surface area contributed by atoms with Gasteiger partial charge in [0.25, 0.3) is 0 Å². The van der Waals surface area contributed by atoms with Crippen LogP contribution >= 0.6 is 0 Å². The van der Waals surface area contributed by atoms with E-state index in [1.54, 1.807) is 13.8 Å². The van der Waals surface area contributed by atoms with Crippen molar-refractivity contribution in [1.29, 1.82) is 0 Å². The smallest absolute Gasteiger partial charge is 0.345 e. The summed E-state index contributed by atoms with van der Waals surface area (Å²) in [6.07, 6.45) is 0.742. The molecule has 1 aliphatic rings. The Morgan fingerprint density at radius 2 is 2.12 bits per heavy atom. The van der Waals surface area contributed by atoms with Crippen LogP contribution in [0.1, 0.15) is 40.5 Å². The van der Waals surface area contributed by atoms with Gasteiger partial charge in [0, 0.05) is 24.2 Å². The fourth-order valence-electron chi connectivity index (χ4n) is 3.36. The Bertz CT molecular complexity index is 802. The molecule has 0 saturated carbocycles. The summed E-state index contributed by atoms with van der Waals surface area (Å²) >= 11 is 0. The van der Waals surface area contributed by atoms with Crippen molar-refractivity contribution in [3.63, 3.8) is 0 Å². The van der Waals surface area contributed by atoms with Gasteiger partial charge in [-0.05, 0) is 37.0 Å². The molecule has 126 valence electrons. The quantitative estimate of drug-likeness (QED) is 0.783. The Labute approximate surface area is 140 Å². The van der Waals surface area contributed by atoms with Gasteiger partial charge in [-0.1, -0.05) is 24.3 Å². The van der Waals surface area contributed by atoms with Crippen molar-refractivity contribution in [3.8, 4) is 0 Å². The standard InChI is InChI=1S/C18H21N3O3/c1-10-13(11(2)20-18(24)19-10)7-8-16(23)21-17-14-6-4-3-5-12(14)9-15(17)22/h3-6,15,17,22H,7-9H2,1-2H3,(H,21,23)(H,19,20,24)/t15-,17+/m1/s1. The lowest BCUT2D eigenvalue weighted by molar-refractivity contribution is -0.122. The lowest BCUT2D eigenvalue weighted by Crippen LogP contribution is -2.34. The van der Waals surface area contributed by atoms with Crippen LogP contribution in [0.2, 0.25) is 0 Å². The molecule has 0 spiro atoms. The molecule has 24 heavy (non-hydrogen) atoms. The minimum absolute atomic E-state index is 0.124. The maximum Gasteiger partial charge on any atom is 0.345 e. The fraction of sp³-hybridized carbons (Fsp3) is 0.389. The van der Waals surface area contributed by atoms with E-state index >= 15 is 0 Å². The van der Waals surface area contributed by atoms with Crippen LogP contribution in [0.25, 0.3) is 0 Å². The summed E-state index contributed by atoms with van der Waals surface area (Å²) in [4.78, 5) is 30.1. The third-order valence-electron chi connectivity index (χ3n) is 4.58. The minimum Gasteiger partial charge on any atom is -0.390 e. The molecule has 0 bridgehead atoms. The van der Waals surface area contributed by atoms with Crippen molar-refractivity contribution in [2.24, 2.45) is 0 Å². The molecule has 2 aromatic rings. The zero-order valence-electron chi connectivity index (χ0n) is 13.8. The van der Waals surface area contributed by atoms with Gasteiger partial charge in [0.2, 0.25) is 5.91 Å². The molecule has 0 radical (unpaired) electrons. The highest BCUT2D eigenvalue weighted by molar-refractivity contribution is 5.77. The summed E-state index contributed by atoms with van der Waals surface area (Å²) in [5.41, 5.74) is 3.96. The van der Waals surface area contributed by atoms with Gasteiger partial charge in [-0.15, -0.1) is 0 Å². The van der Waals surface area contributed by atoms with E-state index in [4.69, 9.17) is 0 Å². The number of aliphatic hydroxyl groups excluding tert-OH is 1. The second-order valence-electron chi connectivity index (χ2n) is 6.25. The lowest BCUT2D eigenvalue weighted by atomic mass is 10.0. The van der Waals surface area contributed by atoms with Crippen molar-refractivity contribution in [1.82, 2.24) is 15.3 Å². The Morgan fingerprint density at radius 3 is 2.88 bits per heavy atom. The third-order valence-corrected chi connectivity index (χ3v) is 4.58. The van der Waals surface area contributed by atoms with E-state index < -0.39 is 6.10 Å². The number of H-pyrrole nitrogens is 1. The Hall–Kier alpha value is -2.47. The number of hydrogen-bond donors (Lipinski definition) is 3. The molecule has 3 rings (SSSR count). The molecule has 1 aromatic heterocycles. The molecule has 3 N–H and O–H groups in total. The summed E-state index contributed by atoms with van der Waals surface area (Å²) < 4.78 is 0. The summed E-state index contributed by atoms with van der Waals surface area (Å²) in [5, 5.41) is 13.1. The highest BCUT2D eigenvalue weighted by atomic mass is 16.3. The summed E-state index contributed by atoms with van der Waals surface area (Å²) in [7, 11) is 0. The number of amides is 1. The summed E-state index contributed by atoms with van der Waals surface area (Å²) in [6.45, 7) is 3.58. The van der Waals surface area contributed by atoms with Gasteiger partial charge in [-0.2, -0.15) is 4.98 Å². The molecule has 1 amide bonds. The second-order valence-corrected chi connectivity index (χ2v) is 6.25. The monoisotopic (exact) mass is 327 g/mol. The molecule has 0 fully saturated rings. The topological polar surface area (TPSA) is 95.1 Å². The Kier molecular flexibility index (Phi) is 4.49. The maximum atomic E-state index is 12.3. The van der Waals surface area contributed by atoms with E-state index in [0.29, 0.717) is 18.5 Å². The number of aryl methyl sites for hydroxylation is 2. The Morgan fingerprint density at radius 1 is 1.38 bits per heavy atom. The lowest BCUT2D eigenvalue weighted by Gasteiger charge is -2.18. The van der Waals surface area contributed by atoms with Crippen LogP contribution in [0.3, 0.4) is 0 Å². The number of carbonyl (C=O) groups excluding carboxylic acids is 1. The van der Waals surface area contributed by atoms with E-state index in [0.717, 1.165) is 22.4 Å². The van der Waals surface area contributed by atoms with Crippen molar-refractivity contribution < 1.29 is 9.90 Å². The van der Waals surface area contributed by atoms with E-state index in [9.17, 15) is 14.7 Å². The van der Waals surface area contributed by atoms with Crippen LogP contribution in [-0.2, 0) is 17.6 Å². The number of carbonyl (C=O) groups is 1. The normalized spacial score (nSPS) is 19.1. The number of nitrogens with one attached hydrogen (secondary N) is 2. The van der Waals surface area contributed by atoms with Crippen molar-refractivity contribution in [2.75, 3.05) is 0 Å². The molecule has 2 atom stereocenters. The first-order valence-electron chi connectivity index (χ1n) is 8.07. The van der Waals surface area contributed by atoms with Crippen LogP contribution in [-0.4, -0.2) is 27.1 Å². The minimum atomic E-state index is -0.593. The van der Waals surface area contributed by atoms with Crippen LogP contribution in [0.15, 0.2) is 29.1 Å². The second kappa shape index (κ2) is 6.57. The number of aromatic amines is 1. The van der Waals surface area contributed by atoms with Gasteiger partial charge in [-0.3, -0.25) is 4.79 Å². The van der Waals surface area contributed by atoms with Gasteiger partial charge >= 0.3 is 5.69 Å². The highest BCUT2D eigenvalue weighted by Gasteiger charge is 2.31. The molecule has 0 saturated heterocycles. The highest BCUT2D eigenvalue weighted by Crippen LogP contribution is 2.31. The molecule has 0 aliphatic heterocycles. The van der Waals surface area contributed by atoms with Crippen LogP contribution in [0.5, 0.6) is 0 Å². The summed E-state index contributed by atoms with van der Waals surface area (Å²) in [6, 6.07) is 7.41. The molecular weight excluding hydrogens is 306 g/mol. The molecule has 1 aliphatic carbocycles. The van der Waals surface area contributed by atoms with E-state index in [1.165, 1.54) is 0 Å². The molecule has 1 heterocycles. The van der Waals surface area contributed by atoms with Crippen LogP contribution in [0, 0.1) is 13.8 Å². The van der Waals surface area contributed by atoms with Gasteiger partial charge < -0.3 is 15.4 Å². The van der Waals surface area contributed by atoms with Gasteiger partial charge in [0.05, 0.1) is 12.1 Å². The van der Waals surface area contributed by atoms with Gasteiger partial charge in [0.1, 0.15) is 0 Å². The van der Waals surface area contributed by atoms with Crippen LogP contribution < -0.4 is 11.0 Å². The summed E-state index contributed by atoms with van der Waals surface area (Å²) in [5.74, 6) is -0.124. The Balaban J connectivity index is 1.66. The number of aromatic nitrogens is 2. The van der Waals surface area contributed by atoms with E-state index in [2.05, 4.69) is 15.3 Å². The number of rotatable bonds is 4. The third kappa shape index (κ3) is 3.23. The molecular formula is C18H21N3O3. The number of benzene rings is 1. The molecule has 0 unspecified atom stereocenters. The van der Waals surface area contributed by atoms with E-state index in [-0.39, 0.29) is 24.1 Å². The molecule has 6 heteroatoms. The fourth-order valence-corrected chi connectivity index (χ4v) is 3.36. The van der Waals surface area contributed by atoms with Crippen molar-refractivity contribution in [2.45, 2.75) is 45.3 Å². The van der Waals surface area contributed by atoms with E-state index in [1.807, 2.05) is 24.3 Å². The van der Waals surface area contributed by atoms with Crippen LogP contribution in [0.4, 0.5) is 0 Å². The predicted octanol–water partition coefficient (Wildman–Crippen LogP) is 1.09. The maximum absolute atomic E-state index is 12.3. The zero-order chi connectivity index (χ0) is 17.3. The zero-order valence-corrected chi connectivity index (χ0v) is 13.8. The van der Waals surface area contributed by atoms with Gasteiger partial charge in [0.15, 0.2) is 0 Å². The molecule has 6 nitrogen and oxygen atoms in total. The number of hydrogen-bond acceptors (Lipinski definition) is 4. The number of fused-ring (bicyclic) bond motifs is 1. The average Bonchev–Trinajstić information content (AvgIpc) is 2.82. The first-order chi connectivity index (χ1) is 11.5.